The molecular formula is C11H13Cl2N3. The molecule has 0 atom stereocenters. The summed E-state index contributed by atoms with van der Waals surface area (Å²) in [6.45, 7) is 1.07. The van der Waals surface area contributed by atoms with Crippen LogP contribution in [0.1, 0.15) is 25.7 Å². The van der Waals surface area contributed by atoms with E-state index in [1.165, 1.54) is 25.7 Å². The number of halogens is 2. The first-order valence-electron chi connectivity index (χ1n) is 5.68. The van der Waals surface area contributed by atoms with Crippen molar-refractivity contribution < 1.29 is 0 Å². The summed E-state index contributed by atoms with van der Waals surface area (Å²) in [7, 11) is 0. The van der Waals surface area contributed by atoms with Gasteiger partial charge < -0.3 is 4.90 Å². The van der Waals surface area contributed by atoms with Gasteiger partial charge in [0.05, 0.1) is 6.20 Å². The zero-order valence-corrected chi connectivity index (χ0v) is 10.4. The van der Waals surface area contributed by atoms with Gasteiger partial charge in [-0.1, -0.05) is 11.6 Å². The third kappa shape index (κ3) is 2.25. The SMILES string of the molecule is Clc1ncc(Cl)c(N(CC2CC2)C2CC2)n1. The van der Waals surface area contributed by atoms with E-state index in [1.54, 1.807) is 6.20 Å². The quantitative estimate of drug-likeness (QED) is 0.777. The first-order valence-corrected chi connectivity index (χ1v) is 6.44. The normalized spacial score (nSPS) is 19.9. The van der Waals surface area contributed by atoms with Gasteiger partial charge in [0, 0.05) is 12.6 Å². The molecule has 3 nitrogen and oxygen atoms in total. The van der Waals surface area contributed by atoms with Gasteiger partial charge >= 0.3 is 0 Å². The third-order valence-electron chi connectivity index (χ3n) is 3.11. The van der Waals surface area contributed by atoms with Crippen LogP contribution in [-0.2, 0) is 0 Å². The summed E-state index contributed by atoms with van der Waals surface area (Å²) >= 11 is 12.0. The van der Waals surface area contributed by atoms with Crippen molar-refractivity contribution in [3.8, 4) is 0 Å². The lowest BCUT2D eigenvalue weighted by molar-refractivity contribution is 0.708. The number of nitrogens with zero attached hydrogens (tertiary/aromatic N) is 3. The largest absolute Gasteiger partial charge is 0.352 e. The van der Waals surface area contributed by atoms with Crippen molar-refractivity contribution in [1.29, 1.82) is 0 Å². The summed E-state index contributed by atoms with van der Waals surface area (Å²) in [6, 6.07) is 0.615. The van der Waals surface area contributed by atoms with E-state index >= 15 is 0 Å². The predicted octanol–water partition coefficient (Wildman–Crippen LogP) is 3.16. The Labute approximate surface area is 105 Å². The van der Waals surface area contributed by atoms with Gasteiger partial charge in [-0.2, -0.15) is 4.98 Å². The molecule has 1 aromatic rings. The zero-order chi connectivity index (χ0) is 11.1. The van der Waals surface area contributed by atoms with E-state index in [1.807, 2.05) is 0 Å². The van der Waals surface area contributed by atoms with Crippen molar-refractivity contribution in [1.82, 2.24) is 9.97 Å². The molecule has 16 heavy (non-hydrogen) atoms. The Kier molecular flexibility index (Phi) is 2.68. The molecule has 1 aromatic heterocycles. The monoisotopic (exact) mass is 257 g/mol. The van der Waals surface area contributed by atoms with E-state index in [0.717, 1.165) is 18.3 Å². The molecule has 0 N–H and O–H groups in total. The van der Waals surface area contributed by atoms with Crippen LogP contribution in [0.4, 0.5) is 5.82 Å². The highest BCUT2D eigenvalue weighted by molar-refractivity contribution is 6.33. The van der Waals surface area contributed by atoms with Crippen molar-refractivity contribution in [2.75, 3.05) is 11.4 Å². The predicted molar refractivity (Wildman–Crippen MR) is 65.1 cm³/mol. The van der Waals surface area contributed by atoms with Crippen LogP contribution in [0.3, 0.4) is 0 Å². The molecule has 0 amide bonds. The van der Waals surface area contributed by atoms with Crippen molar-refractivity contribution in [3.63, 3.8) is 0 Å². The lowest BCUT2D eigenvalue weighted by Gasteiger charge is -2.24. The highest BCUT2D eigenvalue weighted by atomic mass is 35.5. The van der Waals surface area contributed by atoms with Gasteiger partial charge in [0.15, 0.2) is 5.82 Å². The number of anilines is 1. The molecule has 2 aliphatic rings. The molecule has 0 saturated heterocycles. The highest BCUT2D eigenvalue weighted by Crippen LogP contribution is 2.39. The van der Waals surface area contributed by atoms with Gasteiger partial charge in [-0.25, -0.2) is 4.98 Å². The first kappa shape index (κ1) is 10.6. The smallest absolute Gasteiger partial charge is 0.224 e. The Morgan fingerprint density at radius 1 is 1.25 bits per heavy atom. The van der Waals surface area contributed by atoms with Crippen LogP contribution in [0.25, 0.3) is 0 Å². The number of rotatable bonds is 4. The molecule has 0 spiro atoms. The molecule has 0 bridgehead atoms. The maximum atomic E-state index is 6.14. The van der Waals surface area contributed by atoms with Crippen LogP contribution < -0.4 is 4.90 Å². The highest BCUT2D eigenvalue weighted by Gasteiger charge is 2.35. The summed E-state index contributed by atoms with van der Waals surface area (Å²) in [5.41, 5.74) is 0. The number of hydrogen-bond acceptors (Lipinski definition) is 3. The maximum absolute atomic E-state index is 6.14. The Bertz CT molecular complexity index is 402. The van der Waals surface area contributed by atoms with E-state index in [9.17, 15) is 0 Å². The number of hydrogen-bond donors (Lipinski definition) is 0. The summed E-state index contributed by atoms with van der Waals surface area (Å²) in [5, 5.41) is 0.887. The minimum Gasteiger partial charge on any atom is -0.352 e. The second-order valence-corrected chi connectivity index (χ2v) is 5.38. The minimum atomic E-state index is 0.279. The first-order chi connectivity index (χ1) is 7.74. The topological polar surface area (TPSA) is 29.0 Å². The Balaban J connectivity index is 1.87. The fourth-order valence-corrected chi connectivity index (χ4v) is 2.24. The molecule has 2 aliphatic carbocycles. The average molecular weight is 258 g/mol. The molecule has 0 aliphatic heterocycles. The molecule has 3 rings (SSSR count). The fraction of sp³-hybridized carbons (Fsp3) is 0.636. The van der Waals surface area contributed by atoms with Crippen molar-refractivity contribution in [2.45, 2.75) is 31.7 Å². The number of aromatic nitrogens is 2. The van der Waals surface area contributed by atoms with Gasteiger partial charge in [0.2, 0.25) is 5.28 Å². The molecule has 1 heterocycles. The van der Waals surface area contributed by atoms with Gasteiger partial charge in [-0.05, 0) is 43.2 Å². The van der Waals surface area contributed by atoms with Crippen LogP contribution in [0.5, 0.6) is 0 Å². The van der Waals surface area contributed by atoms with Crippen LogP contribution >= 0.6 is 23.2 Å². The fourth-order valence-electron chi connectivity index (χ4n) is 1.91. The second kappa shape index (κ2) is 4.04. The summed E-state index contributed by atoms with van der Waals surface area (Å²) in [5.74, 6) is 1.64. The summed E-state index contributed by atoms with van der Waals surface area (Å²) in [4.78, 5) is 10.5. The third-order valence-corrected chi connectivity index (χ3v) is 3.56. The Morgan fingerprint density at radius 2 is 2.00 bits per heavy atom. The molecule has 2 saturated carbocycles. The standard InChI is InChI=1S/C11H13Cl2N3/c12-9-5-14-11(13)15-10(9)16(8-3-4-8)6-7-1-2-7/h5,7-8H,1-4,6H2. The zero-order valence-electron chi connectivity index (χ0n) is 8.87. The Hall–Kier alpha value is -0.540. The molecule has 86 valence electrons. The van der Waals surface area contributed by atoms with E-state index in [-0.39, 0.29) is 5.28 Å². The van der Waals surface area contributed by atoms with E-state index < -0.39 is 0 Å². The van der Waals surface area contributed by atoms with Gasteiger partial charge in [-0.3, -0.25) is 0 Å². The van der Waals surface area contributed by atoms with E-state index in [4.69, 9.17) is 23.2 Å². The van der Waals surface area contributed by atoms with Crippen molar-refractivity contribution in [3.05, 3.63) is 16.5 Å². The minimum absolute atomic E-state index is 0.279. The van der Waals surface area contributed by atoms with Crippen LogP contribution in [0, 0.1) is 5.92 Å². The van der Waals surface area contributed by atoms with Crippen LogP contribution in [0.2, 0.25) is 10.3 Å². The second-order valence-electron chi connectivity index (χ2n) is 4.64. The van der Waals surface area contributed by atoms with Gasteiger partial charge in [0.25, 0.3) is 0 Å². The molecule has 0 aromatic carbocycles. The van der Waals surface area contributed by atoms with Crippen LogP contribution in [0.15, 0.2) is 6.20 Å². The molecule has 0 unspecified atom stereocenters. The molecular weight excluding hydrogens is 245 g/mol. The van der Waals surface area contributed by atoms with Crippen molar-refractivity contribution in [2.24, 2.45) is 5.92 Å². The van der Waals surface area contributed by atoms with E-state index in [2.05, 4.69) is 14.9 Å². The molecule has 2 fully saturated rings. The summed E-state index contributed by atoms with van der Waals surface area (Å²) in [6.07, 6.45) is 6.74. The van der Waals surface area contributed by atoms with Crippen molar-refractivity contribution >= 4 is 29.0 Å². The van der Waals surface area contributed by atoms with Gasteiger partial charge in [0.1, 0.15) is 5.02 Å². The van der Waals surface area contributed by atoms with E-state index in [0.29, 0.717) is 11.1 Å². The Morgan fingerprint density at radius 3 is 2.62 bits per heavy atom. The lowest BCUT2D eigenvalue weighted by atomic mass is 10.3. The van der Waals surface area contributed by atoms with Gasteiger partial charge in [-0.15, -0.1) is 0 Å². The van der Waals surface area contributed by atoms with Crippen LogP contribution in [-0.4, -0.2) is 22.6 Å². The molecule has 5 heteroatoms. The lowest BCUT2D eigenvalue weighted by Crippen LogP contribution is -2.29. The maximum Gasteiger partial charge on any atom is 0.224 e. The average Bonchev–Trinajstić information content (AvgIpc) is 3.12. The molecule has 0 radical (unpaired) electrons. The summed E-state index contributed by atoms with van der Waals surface area (Å²) < 4.78 is 0.